The van der Waals surface area contributed by atoms with Crippen LogP contribution < -0.4 is 14.8 Å². The number of rotatable bonds is 8. The van der Waals surface area contributed by atoms with Crippen molar-refractivity contribution in [1.82, 2.24) is 19.4 Å². The first-order valence-electron chi connectivity index (χ1n) is 11.5. The number of aryl methyl sites for hydroxylation is 1. The number of methoxy groups -OCH3 is 2. The minimum atomic E-state index is -0.209. The molecule has 0 spiro atoms. The summed E-state index contributed by atoms with van der Waals surface area (Å²) in [7, 11) is 3.13. The first-order valence-corrected chi connectivity index (χ1v) is 11.5. The zero-order valence-electron chi connectivity index (χ0n) is 19.9. The third-order valence-corrected chi connectivity index (χ3v) is 6.32. The van der Waals surface area contributed by atoms with E-state index in [4.69, 9.17) is 14.5 Å². The number of piperazine rings is 1. The molecule has 33 heavy (non-hydrogen) atoms. The first-order chi connectivity index (χ1) is 16.1. The Labute approximate surface area is 195 Å². The molecule has 8 nitrogen and oxygen atoms in total. The number of carbonyl (C=O) groups is 1. The molecule has 1 aliphatic rings. The van der Waals surface area contributed by atoms with Gasteiger partial charge in [-0.3, -0.25) is 9.69 Å². The quantitative estimate of drug-likeness (QED) is 0.566. The molecule has 1 fully saturated rings. The van der Waals surface area contributed by atoms with E-state index >= 15 is 0 Å². The molecule has 3 aromatic rings. The number of nitrogens with one attached hydrogen (secondary N) is 1. The molecule has 0 atom stereocenters. The van der Waals surface area contributed by atoms with Crippen LogP contribution in [0.2, 0.25) is 0 Å². The number of ether oxygens (including phenoxy) is 2. The van der Waals surface area contributed by atoms with E-state index in [1.165, 1.54) is 0 Å². The van der Waals surface area contributed by atoms with Crippen molar-refractivity contribution >= 4 is 22.6 Å². The maximum Gasteiger partial charge on any atom is 0.255 e. The van der Waals surface area contributed by atoms with Gasteiger partial charge in [0.1, 0.15) is 5.82 Å². The summed E-state index contributed by atoms with van der Waals surface area (Å²) in [4.78, 5) is 22.7. The highest BCUT2D eigenvalue weighted by atomic mass is 16.5. The Hall–Kier alpha value is -3.10. The molecule has 4 rings (SSSR count). The van der Waals surface area contributed by atoms with Crippen LogP contribution in [0.3, 0.4) is 0 Å². The predicted octanol–water partition coefficient (Wildman–Crippen LogP) is 3.46. The van der Waals surface area contributed by atoms with Crippen molar-refractivity contribution in [2.24, 2.45) is 0 Å². The standard InChI is InChI=1S/C25H33N5O3/c1-5-28-11-13-29(14-12-28)17-24-27-20-16-19(8-9-21(20)30(24)6-2)26-25(31)18-7-10-22(32-3)23(15-18)33-4/h7-10,15-16H,5-6,11-14,17H2,1-4H3,(H,26,31). The van der Waals surface area contributed by atoms with Crippen LogP contribution in [0.1, 0.15) is 30.0 Å². The Kier molecular flexibility index (Phi) is 7.15. The van der Waals surface area contributed by atoms with E-state index in [2.05, 4.69) is 33.5 Å². The number of anilines is 1. The zero-order valence-corrected chi connectivity index (χ0v) is 19.9. The van der Waals surface area contributed by atoms with Crippen molar-refractivity contribution in [1.29, 1.82) is 0 Å². The van der Waals surface area contributed by atoms with Crippen LogP contribution in [0.25, 0.3) is 11.0 Å². The average molecular weight is 452 g/mol. The normalized spacial score (nSPS) is 15.0. The van der Waals surface area contributed by atoms with E-state index in [9.17, 15) is 4.79 Å². The monoisotopic (exact) mass is 451 g/mol. The summed E-state index contributed by atoms with van der Waals surface area (Å²) in [5.74, 6) is 1.97. The lowest BCUT2D eigenvalue weighted by atomic mass is 10.1. The summed E-state index contributed by atoms with van der Waals surface area (Å²) in [6.45, 7) is 11.5. The second-order valence-corrected chi connectivity index (χ2v) is 8.21. The van der Waals surface area contributed by atoms with Gasteiger partial charge in [0.2, 0.25) is 0 Å². The van der Waals surface area contributed by atoms with Crippen LogP contribution in [-0.2, 0) is 13.1 Å². The highest BCUT2D eigenvalue weighted by molar-refractivity contribution is 6.05. The maximum atomic E-state index is 12.8. The number of imidazole rings is 1. The summed E-state index contributed by atoms with van der Waals surface area (Å²) >= 11 is 0. The van der Waals surface area contributed by atoms with Crippen LogP contribution in [0.5, 0.6) is 11.5 Å². The second-order valence-electron chi connectivity index (χ2n) is 8.21. The molecular formula is C25H33N5O3. The van der Waals surface area contributed by atoms with Gasteiger partial charge in [0.25, 0.3) is 5.91 Å². The lowest BCUT2D eigenvalue weighted by molar-refractivity contribution is 0.102. The third-order valence-electron chi connectivity index (χ3n) is 6.32. The SMILES string of the molecule is CCN1CCN(Cc2nc3cc(NC(=O)c4ccc(OC)c(OC)c4)ccc3n2CC)CC1. The van der Waals surface area contributed by atoms with Crippen molar-refractivity contribution in [2.45, 2.75) is 26.9 Å². The summed E-state index contributed by atoms with van der Waals surface area (Å²) in [6, 6.07) is 11.0. The second kappa shape index (κ2) is 10.2. The molecule has 1 saturated heterocycles. The fourth-order valence-corrected chi connectivity index (χ4v) is 4.38. The smallest absolute Gasteiger partial charge is 0.255 e. The van der Waals surface area contributed by atoms with Gasteiger partial charge in [-0.05, 0) is 49.9 Å². The van der Waals surface area contributed by atoms with Gasteiger partial charge >= 0.3 is 0 Å². The maximum absolute atomic E-state index is 12.8. The first kappa shape index (κ1) is 23.1. The Morgan fingerprint density at radius 2 is 1.67 bits per heavy atom. The van der Waals surface area contributed by atoms with Crippen LogP contribution in [0, 0.1) is 0 Å². The van der Waals surface area contributed by atoms with E-state index in [1.54, 1.807) is 32.4 Å². The minimum Gasteiger partial charge on any atom is -0.493 e. The summed E-state index contributed by atoms with van der Waals surface area (Å²) in [5.41, 5.74) is 3.19. The number of fused-ring (bicyclic) bond motifs is 1. The number of amides is 1. The van der Waals surface area contributed by atoms with Gasteiger partial charge in [0, 0.05) is 44.0 Å². The number of aromatic nitrogens is 2. The molecule has 2 aromatic carbocycles. The van der Waals surface area contributed by atoms with Crippen LogP contribution in [0.15, 0.2) is 36.4 Å². The van der Waals surface area contributed by atoms with Gasteiger partial charge in [-0.2, -0.15) is 0 Å². The molecule has 0 bridgehead atoms. The number of likely N-dealkylation sites (N-methyl/N-ethyl adjacent to an activating group) is 1. The van der Waals surface area contributed by atoms with E-state index in [0.29, 0.717) is 22.7 Å². The van der Waals surface area contributed by atoms with Crippen molar-refractivity contribution in [3.05, 3.63) is 47.8 Å². The predicted molar refractivity (Wildman–Crippen MR) is 130 cm³/mol. The topological polar surface area (TPSA) is 71.9 Å². The Morgan fingerprint density at radius 3 is 2.33 bits per heavy atom. The van der Waals surface area contributed by atoms with Gasteiger partial charge in [-0.15, -0.1) is 0 Å². The molecule has 1 amide bonds. The van der Waals surface area contributed by atoms with E-state index < -0.39 is 0 Å². The van der Waals surface area contributed by atoms with Gasteiger partial charge in [-0.25, -0.2) is 4.98 Å². The van der Waals surface area contributed by atoms with Crippen LogP contribution >= 0.6 is 0 Å². The lowest BCUT2D eigenvalue weighted by Crippen LogP contribution is -2.45. The van der Waals surface area contributed by atoms with E-state index in [1.807, 2.05) is 18.2 Å². The van der Waals surface area contributed by atoms with E-state index in [-0.39, 0.29) is 5.91 Å². The van der Waals surface area contributed by atoms with Gasteiger partial charge < -0.3 is 24.3 Å². The summed E-state index contributed by atoms with van der Waals surface area (Å²) in [5, 5.41) is 2.98. The Balaban J connectivity index is 1.51. The molecule has 0 unspecified atom stereocenters. The van der Waals surface area contributed by atoms with Gasteiger partial charge in [-0.1, -0.05) is 6.92 Å². The van der Waals surface area contributed by atoms with Gasteiger partial charge in [0.15, 0.2) is 11.5 Å². The lowest BCUT2D eigenvalue weighted by Gasteiger charge is -2.33. The fourth-order valence-electron chi connectivity index (χ4n) is 4.38. The van der Waals surface area contributed by atoms with Crippen molar-refractivity contribution in [3.8, 4) is 11.5 Å². The third kappa shape index (κ3) is 4.96. The molecule has 1 aliphatic heterocycles. The van der Waals surface area contributed by atoms with E-state index in [0.717, 1.165) is 62.7 Å². The molecule has 2 heterocycles. The molecule has 0 radical (unpaired) electrons. The molecule has 0 aliphatic carbocycles. The largest absolute Gasteiger partial charge is 0.493 e. The zero-order chi connectivity index (χ0) is 23.4. The number of hydrogen-bond acceptors (Lipinski definition) is 6. The van der Waals surface area contributed by atoms with Crippen LogP contribution in [0.4, 0.5) is 5.69 Å². The van der Waals surface area contributed by atoms with Crippen LogP contribution in [-0.4, -0.2) is 72.2 Å². The molecular weight excluding hydrogens is 418 g/mol. The Bertz CT molecular complexity index is 1120. The fraction of sp³-hybridized carbons (Fsp3) is 0.440. The molecule has 176 valence electrons. The van der Waals surface area contributed by atoms with Crippen molar-refractivity contribution in [2.75, 3.05) is 52.3 Å². The highest BCUT2D eigenvalue weighted by Crippen LogP contribution is 2.28. The number of nitrogens with zero attached hydrogens (tertiary/aromatic N) is 4. The Morgan fingerprint density at radius 1 is 0.939 bits per heavy atom. The van der Waals surface area contributed by atoms with Crippen molar-refractivity contribution < 1.29 is 14.3 Å². The molecule has 8 heteroatoms. The molecule has 1 aromatic heterocycles. The molecule has 0 saturated carbocycles. The minimum absolute atomic E-state index is 0.209. The summed E-state index contributed by atoms with van der Waals surface area (Å²) < 4.78 is 12.8. The van der Waals surface area contributed by atoms with Crippen molar-refractivity contribution in [3.63, 3.8) is 0 Å². The average Bonchev–Trinajstić information content (AvgIpc) is 3.19. The van der Waals surface area contributed by atoms with Gasteiger partial charge in [0.05, 0.1) is 31.8 Å². The number of benzene rings is 2. The number of carbonyl (C=O) groups excluding carboxylic acids is 1. The highest BCUT2D eigenvalue weighted by Gasteiger charge is 2.19. The molecule has 1 N–H and O–H groups in total. The summed E-state index contributed by atoms with van der Waals surface area (Å²) in [6.07, 6.45) is 0. The number of hydrogen-bond donors (Lipinski definition) is 1.